The standard InChI is InChI=1S/C20H24N2O/c1-20(12-21)8-9-22(13-20)19(23)18-11-17(18)16-7-6-14-4-2-3-5-15(14)10-16/h2-7,10,17-18H,8-9,11-13,21H2,1H3. The van der Waals surface area contributed by atoms with E-state index in [-0.39, 0.29) is 11.3 Å². The topological polar surface area (TPSA) is 46.3 Å². The minimum Gasteiger partial charge on any atom is -0.342 e. The lowest BCUT2D eigenvalue weighted by Gasteiger charge is -2.22. The van der Waals surface area contributed by atoms with Crippen molar-refractivity contribution >= 4 is 16.7 Å². The van der Waals surface area contributed by atoms with Gasteiger partial charge in [-0.15, -0.1) is 0 Å². The molecule has 3 unspecified atom stereocenters. The predicted octanol–water partition coefficient (Wildman–Crippen LogP) is 3.14. The molecule has 1 aliphatic heterocycles. The van der Waals surface area contributed by atoms with Crippen molar-refractivity contribution in [3.8, 4) is 0 Å². The maximum atomic E-state index is 12.7. The number of likely N-dealkylation sites (tertiary alicyclic amines) is 1. The van der Waals surface area contributed by atoms with Gasteiger partial charge in [-0.1, -0.05) is 49.4 Å². The van der Waals surface area contributed by atoms with E-state index >= 15 is 0 Å². The quantitative estimate of drug-likeness (QED) is 0.947. The van der Waals surface area contributed by atoms with E-state index in [9.17, 15) is 4.79 Å². The first-order valence-corrected chi connectivity index (χ1v) is 8.57. The average Bonchev–Trinajstić information content (AvgIpc) is 3.29. The number of nitrogens with two attached hydrogens (primary N) is 1. The first-order valence-electron chi connectivity index (χ1n) is 8.57. The minimum absolute atomic E-state index is 0.114. The molecule has 0 aromatic heterocycles. The number of nitrogens with zero attached hydrogens (tertiary/aromatic N) is 1. The van der Waals surface area contributed by atoms with Crippen LogP contribution in [0.4, 0.5) is 0 Å². The third-order valence-electron chi connectivity index (χ3n) is 5.67. The lowest BCUT2D eigenvalue weighted by Crippen LogP contribution is -2.35. The van der Waals surface area contributed by atoms with Crippen molar-refractivity contribution in [1.29, 1.82) is 0 Å². The van der Waals surface area contributed by atoms with Gasteiger partial charge in [0.05, 0.1) is 0 Å². The molecule has 2 fully saturated rings. The Kier molecular flexibility index (Phi) is 3.42. The van der Waals surface area contributed by atoms with Gasteiger partial charge in [0, 0.05) is 19.0 Å². The van der Waals surface area contributed by atoms with Crippen LogP contribution in [0, 0.1) is 11.3 Å². The van der Waals surface area contributed by atoms with Gasteiger partial charge in [0.2, 0.25) is 5.91 Å². The fourth-order valence-electron chi connectivity index (χ4n) is 3.89. The molecular weight excluding hydrogens is 284 g/mol. The van der Waals surface area contributed by atoms with Gasteiger partial charge in [0.15, 0.2) is 0 Å². The van der Waals surface area contributed by atoms with E-state index in [0.717, 1.165) is 25.9 Å². The molecule has 1 aliphatic carbocycles. The molecule has 2 N–H and O–H groups in total. The molecule has 0 spiro atoms. The Morgan fingerprint density at radius 2 is 2.04 bits per heavy atom. The van der Waals surface area contributed by atoms with Crippen molar-refractivity contribution < 1.29 is 4.79 Å². The number of benzene rings is 2. The third-order valence-corrected chi connectivity index (χ3v) is 5.67. The van der Waals surface area contributed by atoms with Gasteiger partial charge in [-0.3, -0.25) is 4.79 Å². The van der Waals surface area contributed by atoms with Crippen LogP contribution in [0.2, 0.25) is 0 Å². The van der Waals surface area contributed by atoms with Crippen molar-refractivity contribution in [2.24, 2.45) is 17.1 Å². The smallest absolute Gasteiger partial charge is 0.226 e. The Morgan fingerprint density at radius 3 is 2.78 bits per heavy atom. The molecule has 0 bridgehead atoms. The first-order chi connectivity index (χ1) is 11.1. The van der Waals surface area contributed by atoms with E-state index in [1.165, 1.54) is 16.3 Å². The van der Waals surface area contributed by atoms with Crippen molar-refractivity contribution in [3.05, 3.63) is 48.0 Å². The van der Waals surface area contributed by atoms with Gasteiger partial charge < -0.3 is 10.6 Å². The normalized spacial score (nSPS) is 29.9. The van der Waals surface area contributed by atoms with Crippen LogP contribution in [0.3, 0.4) is 0 Å². The number of amides is 1. The summed E-state index contributed by atoms with van der Waals surface area (Å²) in [6.07, 6.45) is 2.02. The number of hydrogen-bond donors (Lipinski definition) is 1. The Bertz CT molecular complexity index is 756. The summed E-state index contributed by atoms with van der Waals surface area (Å²) in [6.45, 7) is 4.54. The summed E-state index contributed by atoms with van der Waals surface area (Å²) in [4.78, 5) is 14.8. The van der Waals surface area contributed by atoms with Crippen molar-refractivity contribution in [2.75, 3.05) is 19.6 Å². The van der Waals surface area contributed by atoms with Gasteiger partial charge in [0.1, 0.15) is 0 Å². The molecule has 1 heterocycles. The zero-order valence-electron chi connectivity index (χ0n) is 13.7. The van der Waals surface area contributed by atoms with Crippen LogP contribution in [0.1, 0.15) is 31.2 Å². The molecular formula is C20H24N2O. The van der Waals surface area contributed by atoms with Crippen LogP contribution >= 0.6 is 0 Å². The molecule has 3 nitrogen and oxygen atoms in total. The zero-order valence-corrected chi connectivity index (χ0v) is 13.7. The van der Waals surface area contributed by atoms with Crippen LogP contribution in [0.5, 0.6) is 0 Å². The second-order valence-corrected chi connectivity index (χ2v) is 7.58. The summed E-state index contributed by atoms with van der Waals surface area (Å²) in [6, 6.07) is 15.0. The monoisotopic (exact) mass is 308 g/mol. The fraction of sp³-hybridized carbons (Fsp3) is 0.450. The molecule has 1 amide bonds. The zero-order chi connectivity index (χ0) is 16.0. The molecule has 2 aromatic rings. The SMILES string of the molecule is CC1(CN)CCN(C(=O)C2CC2c2ccc3ccccc3c2)C1. The van der Waals surface area contributed by atoms with Gasteiger partial charge in [-0.2, -0.15) is 0 Å². The lowest BCUT2D eigenvalue weighted by atomic mass is 9.90. The van der Waals surface area contributed by atoms with E-state index < -0.39 is 0 Å². The summed E-state index contributed by atoms with van der Waals surface area (Å²) < 4.78 is 0. The van der Waals surface area contributed by atoms with Crippen LogP contribution < -0.4 is 5.73 Å². The number of carbonyl (C=O) groups is 1. The molecule has 3 heteroatoms. The third kappa shape index (κ3) is 2.63. The summed E-state index contributed by atoms with van der Waals surface area (Å²) in [5, 5.41) is 2.53. The Morgan fingerprint density at radius 1 is 1.26 bits per heavy atom. The van der Waals surface area contributed by atoms with Crippen molar-refractivity contribution in [1.82, 2.24) is 4.90 Å². The van der Waals surface area contributed by atoms with Gasteiger partial charge >= 0.3 is 0 Å². The summed E-state index contributed by atoms with van der Waals surface area (Å²) in [5.74, 6) is 0.911. The van der Waals surface area contributed by atoms with Crippen LogP contribution in [0.25, 0.3) is 10.8 Å². The van der Waals surface area contributed by atoms with Crippen LogP contribution in [-0.2, 0) is 4.79 Å². The highest BCUT2D eigenvalue weighted by Crippen LogP contribution is 2.49. The highest BCUT2D eigenvalue weighted by Gasteiger charge is 2.48. The lowest BCUT2D eigenvalue weighted by molar-refractivity contribution is -0.132. The first kappa shape index (κ1) is 14.7. The number of fused-ring (bicyclic) bond motifs is 1. The molecule has 3 atom stereocenters. The summed E-state index contributed by atoms with van der Waals surface area (Å²) >= 11 is 0. The Labute approximate surface area is 137 Å². The number of hydrogen-bond acceptors (Lipinski definition) is 2. The second kappa shape index (κ2) is 5.34. The molecule has 1 saturated heterocycles. The highest BCUT2D eigenvalue weighted by molar-refractivity contribution is 5.86. The molecule has 4 rings (SSSR count). The summed E-state index contributed by atoms with van der Waals surface area (Å²) in [5.41, 5.74) is 7.28. The average molecular weight is 308 g/mol. The molecule has 120 valence electrons. The van der Waals surface area contributed by atoms with E-state index in [0.29, 0.717) is 18.4 Å². The number of rotatable bonds is 3. The Balaban J connectivity index is 1.47. The van der Waals surface area contributed by atoms with E-state index in [1.807, 2.05) is 4.90 Å². The largest absolute Gasteiger partial charge is 0.342 e. The molecule has 2 aromatic carbocycles. The minimum atomic E-state index is 0.114. The molecule has 2 aliphatic rings. The number of carbonyl (C=O) groups excluding carboxylic acids is 1. The molecule has 0 radical (unpaired) electrons. The maximum Gasteiger partial charge on any atom is 0.226 e. The van der Waals surface area contributed by atoms with Gasteiger partial charge in [-0.25, -0.2) is 0 Å². The van der Waals surface area contributed by atoms with E-state index in [1.54, 1.807) is 0 Å². The van der Waals surface area contributed by atoms with E-state index in [2.05, 4.69) is 49.4 Å². The van der Waals surface area contributed by atoms with Crippen LogP contribution in [-0.4, -0.2) is 30.4 Å². The maximum absolute atomic E-state index is 12.7. The molecule has 23 heavy (non-hydrogen) atoms. The van der Waals surface area contributed by atoms with Gasteiger partial charge in [0.25, 0.3) is 0 Å². The van der Waals surface area contributed by atoms with Crippen molar-refractivity contribution in [2.45, 2.75) is 25.7 Å². The highest BCUT2D eigenvalue weighted by atomic mass is 16.2. The molecule has 1 saturated carbocycles. The Hall–Kier alpha value is -1.87. The van der Waals surface area contributed by atoms with E-state index in [4.69, 9.17) is 5.73 Å². The fourth-order valence-corrected chi connectivity index (χ4v) is 3.89. The van der Waals surface area contributed by atoms with Crippen molar-refractivity contribution in [3.63, 3.8) is 0 Å². The second-order valence-electron chi connectivity index (χ2n) is 7.58. The van der Waals surface area contributed by atoms with Gasteiger partial charge in [-0.05, 0) is 47.1 Å². The summed E-state index contributed by atoms with van der Waals surface area (Å²) in [7, 11) is 0. The van der Waals surface area contributed by atoms with Crippen LogP contribution in [0.15, 0.2) is 42.5 Å². The predicted molar refractivity (Wildman–Crippen MR) is 93.2 cm³/mol.